The molecule has 0 aliphatic rings. The first-order valence-electron chi connectivity index (χ1n) is 5.03. The lowest BCUT2D eigenvalue weighted by Gasteiger charge is -2.02. The van der Waals surface area contributed by atoms with Gasteiger partial charge in [-0.05, 0) is 17.7 Å². The summed E-state index contributed by atoms with van der Waals surface area (Å²) in [5, 5.41) is 7.40. The molecule has 0 spiro atoms. The third kappa shape index (κ3) is 2.87. The standard InChI is InChI=1S/C11H13FN4/c1-16-3-2-11(15-16)8-14-6-9-4-10(12)7-13-5-9/h2-5,7,14H,6,8H2,1H3. The molecule has 0 unspecified atom stereocenters. The summed E-state index contributed by atoms with van der Waals surface area (Å²) in [5.74, 6) is -0.308. The molecule has 0 saturated heterocycles. The van der Waals surface area contributed by atoms with E-state index in [-0.39, 0.29) is 5.82 Å². The zero-order chi connectivity index (χ0) is 11.4. The molecule has 0 atom stereocenters. The van der Waals surface area contributed by atoms with Crippen molar-refractivity contribution in [2.75, 3.05) is 0 Å². The summed E-state index contributed by atoms with van der Waals surface area (Å²) in [5.41, 5.74) is 1.79. The largest absolute Gasteiger partial charge is 0.307 e. The van der Waals surface area contributed by atoms with Gasteiger partial charge in [0.05, 0.1) is 11.9 Å². The van der Waals surface area contributed by atoms with Crippen molar-refractivity contribution in [3.63, 3.8) is 0 Å². The molecule has 0 aliphatic carbocycles. The number of hydrogen-bond donors (Lipinski definition) is 1. The van der Waals surface area contributed by atoms with Crippen LogP contribution in [0.4, 0.5) is 4.39 Å². The van der Waals surface area contributed by atoms with Crippen LogP contribution in [0.1, 0.15) is 11.3 Å². The number of nitrogens with zero attached hydrogens (tertiary/aromatic N) is 3. The van der Waals surface area contributed by atoms with Gasteiger partial charge in [-0.2, -0.15) is 5.10 Å². The van der Waals surface area contributed by atoms with Gasteiger partial charge in [0.15, 0.2) is 0 Å². The van der Waals surface area contributed by atoms with E-state index >= 15 is 0 Å². The van der Waals surface area contributed by atoms with Crippen LogP contribution in [0.2, 0.25) is 0 Å². The van der Waals surface area contributed by atoms with Gasteiger partial charge in [-0.15, -0.1) is 0 Å². The zero-order valence-corrected chi connectivity index (χ0v) is 9.02. The van der Waals surface area contributed by atoms with Crippen molar-refractivity contribution in [2.24, 2.45) is 7.05 Å². The molecule has 2 rings (SSSR count). The molecule has 0 radical (unpaired) electrons. The van der Waals surface area contributed by atoms with Crippen LogP contribution in [0.5, 0.6) is 0 Å². The number of pyridine rings is 1. The fourth-order valence-corrected chi connectivity index (χ4v) is 1.44. The molecule has 0 aromatic carbocycles. The Kier molecular flexibility index (Phi) is 3.26. The summed E-state index contributed by atoms with van der Waals surface area (Å²) in [6.45, 7) is 1.25. The predicted molar refractivity (Wildman–Crippen MR) is 57.9 cm³/mol. The van der Waals surface area contributed by atoms with Crippen molar-refractivity contribution in [3.05, 3.63) is 47.8 Å². The van der Waals surface area contributed by atoms with Crippen LogP contribution in [0.15, 0.2) is 30.7 Å². The van der Waals surface area contributed by atoms with Gasteiger partial charge in [-0.1, -0.05) is 0 Å². The van der Waals surface area contributed by atoms with Gasteiger partial charge in [0.25, 0.3) is 0 Å². The molecule has 0 bridgehead atoms. The summed E-state index contributed by atoms with van der Waals surface area (Å²) in [6, 6.07) is 3.41. The molecular weight excluding hydrogens is 207 g/mol. The Morgan fingerprint density at radius 2 is 2.25 bits per heavy atom. The van der Waals surface area contributed by atoms with Crippen LogP contribution in [0.3, 0.4) is 0 Å². The van der Waals surface area contributed by atoms with Gasteiger partial charge in [0.2, 0.25) is 0 Å². The molecule has 2 heterocycles. The third-order valence-corrected chi connectivity index (χ3v) is 2.17. The summed E-state index contributed by atoms with van der Waals surface area (Å²) in [4.78, 5) is 3.78. The minimum atomic E-state index is -0.308. The molecule has 16 heavy (non-hydrogen) atoms. The topological polar surface area (TPSA) is 42.7 Å². The van der Waals surface area contributed by atoms with Crippen LogP contribution in [-0.4, -0.2) is 14.8 Å². The van der Waals surface area contributed by atoms with Crippen LogP contribution in [0, 0.1) is 5.82 Å². The maximum atomic E-state index is 12.8. The van der Waals surface area contributed by atoms with Crippen LogP contribution >= 0.6 is 0 Å². The molecule has 2 aromatic rings. The second kappa shape index (κ2) is 4.85. The molecule has 2 aromatic heterocycles. The lowest BCUT2D eigenvalue weighted by Crippen LogP contribution is -2.13. The molecule has 4 nitrogen and oxygen atoms in total. The van der Waals surface area contributed by atoms with E-state index < -0.39 is 0 Å². The third-order valence-electron chi connectivity index (χ3n) is 2.17. The first kappa shape index (κ1) is 10.8. The molecule has 0 amide bonds. The van der Waals surface area contributed by atoms with E-state index in [1.165, 1.54) is 12.3 Å². The van der Waals surface area contributed by atoms with Gasteiger partial charge in [-0.3, -0.25) is 9.67 Å². The monoisotopic (exact) mass is 220 g/mol. The van der Waals surface area contributed by atoms with Gasteiger partial charge < -0.3 is 5.32 Å². The normalized spacial score (nSPS) is 10.6. The zero-order valence-electron chi connectivity index (χ0n) is 9.02. The number of nitrogens with one attached hydrogen (secondary N) is 1. The maximum Gasteiger partial charge on any atom is 0.141 e. The van der Waals surface area contributed by atoms with E-state index in [1.54, 1.807) is 10.9 Å². The minimum absolute atomic E-state index is 0.308. The molecular formula is C11H13FN4. The lowest BCUT2D eigenvalue weighted by atomic mass is 10.3. The number of aromatic nitrogens is 3. The van der Waals surface area contributed by atoms with E-state index in [0.717, 1.165) is 11.3 Å². The van der Waals surface area contributed by atoms with E-state index in [1.807, 2.05) is 19.3 Å². The Bertz CT molecular complexity index is 467. The highest BCUT2D eigenvalue weighted by molar-refractivity contribution is 5.10. The van der Waals surface area contributed by atoms with Crippen molar-refractivity contribution in [3.8, 4) is 0 Å². The molecule has 0 aliphatic heterocycles. The summed E-state index contributed by atoms with van der Waals surface area (Å²) >= 11 is 0. The smallest absolute Gasteiger partial charge is 0.141 e. The fraction of sp³-hybridized carbons (Fsp3) is 0.273. The van der Waals surface area contributed by atoms with Gasteiger partial charge in [0.1, 0.15) is 5.82 Å². The highest BCUT2D eigenvalue weighted by Crippen LogP contribution is 2.01. The second-order valence-corrected chi connectivity index (χ2v) is 3.60. The Labute approximate surface area is 93.1 Å². The fourth-order valence-electron chi connectivity index (χ4n) is 1.44. The summed E-state index contributed by atoms with van der Waals surface area (Å²) < 4.78 is 14.6. The SMILES string of the molecule is Cn1ccc(CNCc2cncc(F)c2)n1. The van der Waals surface area contributed by atoms with Gasteiger partial charge >= 0.3 is 0 Å². The summed E-state index contributed by atoms with van der Waals surface area (Å²) in [6.07, 6.45) is 4.73. The predicted octanol–water partition coefficient (Wildman–Crippen LogP) is 1.24. The highest BCUT2D eigenvalue weighted by atomic mass is 19.1. The molecule has 0 saturated carbocycles. The molecule has 5 heteroatoms. The van der Waals surface area contributed by atoms with E-state index in [0.29, 0.717) is 13.1 Å². The number of aryl methyl sites for hydroxylation is 1. The Morgan fingerprint density at radius 1 is 1.38 bits per heavy atom. The van der Waals surface area contributed by atoms with E-state index in [9.17, 15) is 4.39 Å². The average Bonchev–Trinajstić information content (AvgIpc) is 2.64. The maximum absolute atomic E-state index is 12.8. The first-order chi connectivity index (χ1) is 7.74. The van der Waals surface area contributed by atoms with Crippen molar-refractivity contribution < 1.29 is 4.39 Å². The van der Waals surface area contributed by atoms with Crippen LogP contribution in [-0.2, 0) is 20.1 Å². The van der Waals surface area contributed by atoms with E-state index in [2.05, 4.69) is 15.4 Å². The Hall–Kier alpha value is -1.75. The van der Waals surface area contributed by atoms with Crippen molar-refractivity contribution in [1.29, 1.82) is 0 Å². The van der Waals surface area contributed by atoms with Crippen molar-refractivity contribution in [2.45, 2.75) is 13.1 Å². The molecule has 0 fully saturated rings. The number of rotatable bonds is 4. The van der Waals surface area contributed by atoms with Gasteiger partial charge in [0, 0.05) is 32.5 Å². The van der Waals surface area contributed by atoms with Gasteiger partial charge in [-0.25, -0.2) is 4.39 Å². The number of hydrogen-bond acceptors (Lipinski definition) is 3. The molecule has 1 N–H and O–H groups in total. The van der Waals surface area contributed by atoms with Crippen LogP contribution in [0.25, 0.3) is 0 Å². The number of halogens is 1. The van der Waals surface area contributed by atoms with Crippen molar-refractivity contribution in [1.82, 2.24) is 20.1 Å². The molecule has 84 valence electrons. The van der Waals surface area contributed by atoms with Crippen molar-refractivity contribution >= 4 is 0 Å². The average molecular weight is 220 g/mol. The summed E-state index contributed by atoms with van der Waals surface area (Å²) in [7, 11) is 1.87. The lowest BCUT2D eigenvalue weighted by molar-refractivity contribution is 0.610. The minimum Gasteiger partial charge on any atom is -0.307 e. The second-order valence-electron chi connectivity index (χ2n) is 3.60. The highest BCUT2D eigenvalue weighted by Gasteiger charge is 1.98. The Morgan fingerprint density at radius 3 is 2.94 bits per heavy atom. The Balaban J connectivity index is 1.84. The first-order valence-corrected chi connectivity index (χ1v) is 5.03. The quantitative estimate of drug-likeness (QED) is 0.843. The van der Waals surface area contributed by atoms with Crippen LogP contribution < -0.4 is 5.32 Å². The van der Waals surface area contributed by atoms with E-state index in [4.69, 9.17) is 0 Å².